The average molecular weight is 216 g/mol. The fraction of sp³-hybridized carbons (Fsp3) is 0.308. The molecule has 1 atom stereocenters. The molecule has 0 fully saturated rings. The summed E-state index contributed by atoms with van der Waals surface area (Å²) in [5, 5.41) is 0. The maximum Gasteiger partial charge on any atom is 0.222 e. The molecule has 0 aliphatic carbocycles. The van der Waals surface area contributed by atoms with Crippen molar-refractivity contribution in [3.63, 3.8) is 0 Å². The van der Waals surface area contributed by atoms with Crippen LogP contribution in [0.4, 0.5) is 0 Å². The van der Waals surface area contributed by atoms with E-state index in [1.807, 2.05) is 30.5 Å². The summed E-state index contributed by atoms with van der Waals surface area (Å²) in [4.78, 5) is 13.2. The lowest BCUT2D eigenvalue weighted by Gasteiger charge is -2.28. The fourth-order valence-electron chi connectivity index (χ4n) is 1.93. The SMILES string of the molecule is NC(=O)C1CC=CN(Cc2ccccc2)C1. The van der Waals surface area contributed by atoms with Crippen LogP contribution in [0.2, 0.25) is 0 Å². The third kappa shape index (κ3) is 2.63. The summed E-state index contributed by atoms with van der Waals surface area (Å²) in [5.74, 6) is -0.254. The molecule has 1 aliphatic heterocycles. The number of carbonyl (C=O) groups is 1. The van der Waals surface area contributed by atoms with Crippen molar-refractivity contribution in [3.8, 4) is 0 Å². The molecule has 2 N–H and O–H groups in total. The molecule has 1 heterocycles. The van der Waals surface area contributed by atoms with Gasteiger partial charge in [-0.25, -0.2) is 0 Å². The zero-order chi connectivity index (χ0) is 11.4. The minimum Gasteiger partial charge on any atom is -0.373 e. The van der Waals surface area contributed by atoms with Crippen LogP contribution in [0.1, 0.15) is 12.0 Å². The first-order chi connectivity index (χ1) is 7.75. The fourth-order valence-corrected chi connectivity index (χ4v) is 1.93. The van der Waals surface area contributed by atoms with Crippen LogP contribution in [0.3, 0.4) is 0 Å². The smallest absolute Gasteiger partial charge is 0.222 e. The number of allylic oxidation sites excluding steroid dienone is 1. The highest BCUT2D eigenvalue weighted by Gasteiger charge is 2.19. The number of hydrogen-bond acceptors (Lipinski definition) is 2. The van der Waals surface area contributed by atoms with Crippen molar-refractivity contribution < 1.29 is 4.79 Å². The normalized spacial score (nSPS) is 19.8. The Balaban J connectivity index is 1.99. The van der Waals surface area contributed by atoms with E-state index in [0.717, 1.165) is 19.5 Å². The summed E-state index contributed by atoms with van der Waals surface area (Å²) in [7, 11) is 0. The van der Waals surface area contributed by atoms with Gasteiger partial charge in [-0.05, 0) is 18.2 Å². The molecular formula is C13H16N2O. The standard InChI is InChI=1S/C13H16N2O/c14-13(16)12-7-4-8-15(10-12)9-11-5-2-1-3-6-11/h1-6,8,12H,7,9-10H2,(H2,14,16). The van der Waals surface area contributed by atoms with Gasteiger partial charge in [0.05, 0.1) is 5.92 Å². The molecule has 2 rings (SSSR count). The molecule has 0 bridgehead atoms. The van der Waals surface area contributed by atoms with Gasteiger partial charge in [-0.15, -0.1) is 0 Å². The van der Waals surface area contributed by atoms with Gasteiger partial charge in [-0.3, -0.25) is 4.79 Å². The molecule has 1 aliphatic rings. The molecule has 0 radical (unpaired) electrons. The van der Waals surface area contributed by atoms with Crippen molar-refractivity contribution in [2.24, 2.45) is 11.7 Å². The predicted molar refractivity (Wildman–Crippen MR) is 63.3 cm³/mol. The second-order valence-corrected chi connectivity index (χ2v) is 4.13. The van der Waals surface area contributed by atoms with E-state index in [9.17, 15) is 4.79 Å². The van der Waals surface area contributed by atoms with Gasteiger partial charge < -0.3 is 10.6 Å². The number of primary amides is 1. The second kappa shape index (κ2) is 4.84. The minimum absolute atomic E-state index is 0.0475. The molecular weight excluding hydrogens is 200 g/mol. The maximum absolute atomic E-state index is 11.1. The van der Waals surface area contributed by atoms with Gasteiger partial charge in [0, 0.05) is 13.1 Å². The van der Waals surface area contributed by atoms with Crippen LogP contribution in [-0.4, -0.2) is 17.4 Å². The number of rotatable bonds is 3. The Bertz CT molecular complexity index is 386. The number of amides is 1. The first-order valence-electron chi connectivity index (χ1n) is 5.49. The van der Waals surface area contributed by atoms with Gasteiger partial charge in [0.1, 0.15) is 0 Å². The largest absolute Gasteiger partial charge is 0.373 e. The van der Waals surface area contributed by atoms with E-state index in [0.29, 0.717) is 0 Å². The van der Waals surface area contributed by atoms with E-state index in [-0.39, 0.29) is 11.8 Å². The summed E-state index contributed by atoms with van der Waals surface area (Å²) < 4.78 is 0. The molecule has 0 spiro atoms. The Morgan fingerprint density at radius 1 is 1.38 bits per heavy atom. The molecule has 3 heteroatoms. The van der Waals surface area contributed by atoms with Crippen LogP contribution >= 0.6 is 0 Å². The van der Waals surface area contributed by atoms with Gasteiger partial charge in [0.2, 0.25) is 5.91 Å². The molecule has 1 unspecified atom stereocenters. The number of nitrogens with two attached hydrogens (primary N) is 1. The molecule has 0 saturated heterocycles. The Labute approximate surface area is 95.6 Å². The zero-order valence-electron chi connectivity index (χ0n) is 9.17. The van der Waals surface area contributed by atoms with E-state index >= 15 is 0 Å². The van der Waals surface area contributed by atoms with E-state index in [4.69, 9.17) is 5.73 Å². The predicted octanol–water partition coefficient (Wildman–Crippen LogP) is 1.51. The van der Waals surface area contributed by atoms with Crippen molar-refractivity contribution in [2.45, 2.75) is 13.0 Å². The average Bonchev–Trinajstić information content (AvgIpc) is 2.30. The second-order valence-electron chi connectivity index (χ2n) is 4.13. The zero-order valence-corrected chi connectivity index (χ0v) is 9.17. The molecule has 1 aromatic carbocycles. The number of carbonyl (C=O) groups excluding carboxylic acids is 1. The first kappa shape index (κ1) is 10.7. The summed E-state index contributed by atoms with van der Waals surface area (Å²) in [6.07, 6.45) is 4.83. The molecule has 16 heavy (non-hydrogen) atoms. The minimum atomic E-state index is -0.206. The third-order valence-electron chi connectivity index (χ3n) is 2.82. The Hall–Kier alpha value is -1.77. The Morgan fingerprint density at radius 2 is 2.12 bits per heavy atom. The van der Waals surface area contributed by atoms with E-state index < -0.39 is 0 Å². The van der Waals surface area contributed by atoms with Crippen molar-refractivity contribution in [3.05, 3.63) is 48.2 Å². The van der Waals surface area contributed by atoms with E-state index in [2.05, 4.69) is 17.0 Å². The van der Waals surface area contributed by atoms with Crippen LogP contribution in [0, 0.1) is 5.92 Å². The van der Waals surface area contributed by atoms with Gasteiger partial charge in [-0.2, -0.15) is 0 Å². The summed E-state index contributed by atoms with van der Waals surface area (Å²) >= 11 is 0. The van der Waals surface area contributed by atoms with Gasteiger partial charge in [-0.1, -0.05) is 36.4 Å². The van der Waals surface area contributed by atoms with Gasteiger partial charge in [0.15, 0.2) is 0 Å². The molecule has 84 valence electrons. The van der Waals surface area contributed by atoms with Crippen molar-refractivity contribution in [1.82, 2.24) is 4.90 Å². The van der Waals surface area contributed by atoms with Crippen molar-refractivity contribution in [2.75, 3.05) is 6.54 Å². The van der Waals surface area contributed by atoms with Gasteiger partial charge >= 0.3 is 0 Å². The topological polar surface area (TPSA) is 46.3 Å². The molecule has 3 nitrogen and oxygen atoms in total. The lowest BCUT2D eigenvalue weighted by atomic mass is 10.0. The van der Waals surface area contributed by atoms with Crippen molar-refractivity contribution >= 4 is 5.91 Å². The van der Waals surface area contributed by atoms with Crippen LogP contribution in [-0.2, 0) is 11.3 Å². The third-order valence-corrected chi connectivity index (χ3v) is 2.82. The van der Waals surface area contributed by atoms with E-state index in [1.54, 1.807) is 0 Å². The monoisotopic (exact) mass is 216 g/mol. The molecule has 0 saturated carbocycles. The lowest BCUT2D eigenvalue weighted by Crippen LogP contribution is -2.35. The maximum atomic E-state index is 11.1. The van der Waals surface area contributed by atoms with Crippen molar-refractivity contribution in [1.29, 1.82) is 0 Å². The highest BCUT2D eigenvalue weighted by molar-refractivity contribution is 5.77. The molecule has 0 aromatic heterocycles. The highest BCUT2D eigenvalue weighted by Crippen LogP contribution is 2.15. The lowest BCUT2D eigenvalue weighted by molar-refractivity contribution is -0.122. The van der Waals surface area contributed by atoms with Crippen LogP contribution in [0.15, 0.2) is 42.6 Å². The molecule has 1 aromatic rings. The van der Waals surface area contributed by atoms with Crippen LogP contribution in [0.5, 0.6) is 0 Å². The first-order valence-corrected chi connectivity index (χ1v) is 5.49. The number of hydrogen-bond donors (Lipinski definition) is 1. The van der Waals surface area contributed by atoms with E-state index in [1.165, 1.54) is 5.56 Å². The molecule has 1 amide bonds. The highest BCUT2D eigenvalue weighted by atomic mass is 16.1. The quantitative estimate of drug-likeness (QED) is 0.832. The number of nitrogens with zero attached hydrogens (tertiary/aromatic N) is 1. The summed E-state index contributed by atoms with van der Waals surface area (Å²) in [6.45, 7) is 1.56. The Kier molecular flexibility index (Phi) is 3.25. The Morgan fingerprint density at radius 3 is 2.81 bits per heavy atom. The summed E-state index contributed by atoms with van der Waals surface area (Å²) in [6, 6.07) is 10.2. The van der Waals surface area contributed by atoms with Gasteiger partial charge in [0.25, 0.3) is 0 Å². The number of benzene rings is 1. The van der Waals surface area contributed by atoms with Crippen LogP contribution < -0.4 is 5.73 Å². The van der Waals surface area contributed by atoms with Crippen LogP contribution in [0.25, 0.3) is 0 Å². The summed E-state index contributed by atoms with van der Waals surface area (Å²) in [5.41, 5.74) is 6.57.